The lowest BCUT2D eigenvalue weighted by Gasteiger charge is -2.35. The van der Waals surface area contributed by atoms with Crippen LogP contribution in [0.4, 0.5) is 0 Å². The molecule has 6 nitrogen and oxygen atoms in total. The van der Waals surface area contributed by atoms with E-state index in [2.05, 4.69) is 34.2 Å². The minimum atomic E-state index is 0.0583. The molecule has 0 spiro atoms. The van der Waals surface area contributed by atoms with E-state index in [9.17, 15) is 4.79 Å². The van der Waals surface area contributed by atoms with Crippen LogP contribution in [-0.2, 0) is 0 Å². The summed E-state index contributed by atoms with van der Waals surface area (Å²) in [5.74, 6) is 0.785. The Morgan fingerprint density at radius 1 is 1.23 bits per heavy atom. The van der Waals surface area contributed by atoms with Gasteiger partial charge in [0.25, 0.3) is 5.91 Å². The fourth-order valence-electron chi connectivity index (χ4n) is 2.83. The summed E-state index contributed by atoms with van der Waals surface area (Å²) in [4.78, 5) is 17.1. The summed E-state index contributed by atoms with van der Waals surface area (Å²) in [6.07, 6.45) is 1.21. The van der Waals surface area contributed by atoms with E-state index >= 15 is 0 Å². The van der Waals surface area contributed by atoms with Crippen molar-refractivity contribution in [2.75, 3.05) is 32.7 Å². The Kier molecular flexibility index (Phi) is 4.38. The molecule has 0 radical (unpaired) electrons. The number of rotatable bonds is 4. The Balaban J connectivity index is 1.64. The lowest BCUT2D eigenvalue weighted by molar-refractivity contribution is 0.0633. The number of nitrogens with one attached hydrogen (secondary N) is 1. The number of fused-ring (bicyclic) bond motifs is 1. The van der Waals surface area contributed by atoms with Crippen LogP contribution in [-0.4, -0.2) is 63.8 Å². The fraction of sp³-hybridized carbons (Fsp3) is 0.562. The quantitative estimate of drug-likeness (QED) is 0.934. The van der Waals surface area contributed by atoms with Crippen molar-refractivity contribution >= 4 is 16.9 Å². The Morgan fingerprint density at radius 3 is 2.73 bits per heavy atom. The zero-order valence-corrected chi connectivity index (χ0v) is 13.2. The summed E-state index contributed by atoms with van der Waals surface area (Å²) in [5, 5.41) is 10.7. The van der Waals surface area contributed by atoms with Crippen LogP contribution in [0.5, 0.6) is 0 Å². The lowest BCUT2D eigenvalue weighted by atomic mass is 10.1. The number of carbonyl (C=O) groups excluding carboxylic acids is 1. The average molecular weight is 301 g/mol. The SMILES string of the molecule is CC(C)CCN1CCN(C(=O)c2cccc3n[nH]nc23)CC1. The van der Waals surface area contributed by atoms with Gasteiger partial charge in [0.05, 0.1) is 5.56 Å². The standard InChI is InChI=1S/C16H23N5O/c1-12(2)6-7-20-8-10-21(11-9-20)16(22)13-4-3-5-14-15(13)18-19-17-14/h3-5,12H,6-11H2,1-2H3,(H,17,18,19). The van der Waals surface area contributed by atoms with Gasteiger partial charge in [-0.3, -0.25) is 9.69 Å². The number of carbonyl (C=O) groups is 1. The number of hydrogen-bond acceptors (Lipinski definition) is 4. The van der Waals surface area contributed by atoms with Crippen LogP contribution in [0.15, 0.2) is 18.2 Å². The predicted molar refractivity (Wildman–Crippen MR) is 85.7 cm³/mol. The molecule has 1 aliphatic heterocycles. The highest BCUT2D eigenvalue weighted by atomic mass is 16.2. The van der Waals surface area contributed by atoms with Gasteiger partial charge in [-0.2, -0.15) is 15.4 Å². The van der Waals surface area contributed by atoms with E-state index in [-0.39, 0.29) is 5.91 Å². The minimum Gasteiger partial charge on any atom is -0.336 e. The van der Waals surface area contributed by atoms with E-state index in [4.69, 9.17) is 0 Å². The topological polar surface area (TPSA) is 65.1 Å². The maximum atomic E-state index is 12.7. The first kappa shape index (κ1) is 15.0. The molecule has 1 N–H and O–H groups in total. The molecule has 3 rings (SSSR count). The molecule has 1 aromatic heterocycles. The van der Waals surface area contributed by atoms with Gasteiger partial charge in [-0.15, -0.1) is 0 Å². The van der Waals surface area contributed by atoms with Crippen LogP contribution in [0, 0.1) is 5.92 Å². The molecule has 22 heavy (non-hydrogen) atoms. The van der Waals surface area contributed by atoms with E-state index in [1.54, 1.807) is 0 Å². The highest BCUT2D eigenvalue weighted by Gasteiger charge is 2.24. The molecule has 0 aliphatic carbocycles. The highest BCUT2D eigenvalue weighted by molar-refractivity contribution is 6.04. The third kappa shape index (κ3) is 3.11. The van der Waals surface area contributed by atoms with Gasteiger partial charge in [0.15, 0.2) is 0 Å². The number of para-hydroxylation sites is 1. The average Bonchev–Trinajstić information content (AvgIpc) is 3.01. The molecule has 0 saturated carbocycles. The number of amides is 1. The number of aromatic nitrogens is 3. The molecule has 1 amide bonds. The highest BCUT2D eigenvalue weighted by Crippen LogP contribution is 2.17. The molecule has 118 valence electrons. The first-order valence-electron chi connectivity index (χ1n) is 7.96. The molecule has 0 unspecified atom stereocenters. The second-order valence-corrected chi connectivity index (χ2v) is 6.31. The van der Waals surface area contributed by atoms with E-state index in [0.717, 1.165) is 44.2 Å². The Bertz CT molecular complexity index is 643. The minimum absolute atomic E-state index is 0.0583. The van der Waals surface area contributed by atoms with Gasteiger partial charge in [0.1, 0.15) is 11.0 Å². The molecule has 0 bridgehead atoms. The monoisotopic (exact) mass is 301 g/mol. The van der Waals surface area contributed by atoms with Crippen molar-refractivity contribution < 1.29 is 4.79 Å². The van der Waals surface area contributed by atoms with Crippen LogP contribution >= 0.6 is 0 Å². The Morgan fingerprint density at radius 2 is 2.00 bits per heavy atom. The van der Waals surface area contributed by atoms with E-state index in [1.807, 2.05) is 23.1 Å². The molecule has 2 heterocycles. The van der Waals surface area contributed by atoms with Gasteiger partial charge in [-0.25, -0.2) is 0 Å². The number of benzene rings is 1. The van der Waals surface area contributed by atoms with Crippen molar-refractivity contribution in [3.05, 3.63) is 23.8 Å². The van der Waals surface area contributed by atoms with Gasteiger partial charge < -0.3 is 4.90 Å². The normalized spacial score (nSPS) is 16.6. The number of H-pyrrole nitrogens is 1. The van der Waals surface area contributed by atoms with E-state index in [1.165, 1.54) is 6.42 Å². The first-order chi connectivity index (χ1) is 10.6. The predicted octanol–water partition coefficient (Wildman–Crippen LogP) is 1.76. The smallest absolute Gasteiger partial charge is 0.256 e. The molecule has 0 atom stereocenters. The Hall–Kier alpha value is -1.95. The Labute approximate surface area is 130 Å². The summed E-state index contributed by atoms with van der Waals surface area (Å²) < 4.78 is 0. The number of piperazine rings is 1. The largest absolute Gasteiger partial charge is 0.336 e. The van der Waals surface area contributed by atoms with Gasteiger partial charge in [0, 0.05) is 26.2 Å². The maximum Gasteiger partial charge on any atom is 0.256 e. The zero-order valence-electron chi connectivity index (χ0n) is 13.2. The number of hydrogen-bond donors (Lipinski definition) is 1. The van der Waals surface area contributed by atoms with Crippen LogP contribution in [0.2, 0.25) is 0 Å². The first-order valence-corrected chi connectivity index (χ1v) is 7.96. The second-order valence-electron chi connectivity index (χ2n) is 6.31. The van der Waals surface area contributed by atoms with Crippen LogP contribution < -0.4 is 0 Å². The van der Waals surface area contributed by atoms with E-state index in [0.29, 0.717) is 11.1 Å². The van der Waals surface area contributed by atoms with Gasteiger partial charge in [-0.1, -0.05) is 19.9 Å². The van der Waals surface area contributed by atoms with Crippen molar-refractivity contribution in [2.24, 2.45) is 5.92 Å². The van der Waals surface area contributed by atoms with Crippen LogP contribution in [0.25, 0.3) is 11.0 Å². The molecule has 1 fully saturated rings. The van der Waals surface area contributed by atoms with Crippen LogP contribution in [0.1, 0.15) is 30.6 Å². The number of aromatic amines is 1. The molecule has 1 aliphatic rings. The summed E-state index contributed by atoms with van der Waals surface area (Å²) in [5.41, 5.74) is 2.04. The van der Waals surface area contributed by atoms with Crippen molar-refractivity contribution in [1.29, 1.82) is 0 Å². The summed E-state index contributed by atoms with van der Waals surface area (Å²) in [6.45, 7) is 9.09. The van der Waals surface area contributed by atoms with Crippen molar-refractivity contribution in [3.63, 3.8) is 0 Å². The summed E-state index contributed by atoms with van der Waals surface area (Å²) in [7, 11) is 0. The molecule has 6 heteroatoms. The fourth-order valence-corrected chi connectivity index (χ4v) is 2.83. The maximum absolute atomic E-state index is 12.7. The van der Waals surface area contributed by atoms with Crippen molar-refractivity contribution in [2.45, 2.75) is 20.3 Å². The van der Waals surface area contributed by atoms with Gasteiger partial charge >= 0.3 is 0 Å². The third-order valence-corrected chi connectivity index (χ3v) is 4.26. The molecule has 1 aromatic carbocycles. The van der Waals surface area contributed by atoms with Crippen LogP contribution in [0.3, 0.4) is 0 Å². The zero-order chi connectivity index (χ0) is 15.5. The molecule has 2 aromatic rings. The van der Waals surface area contributed by atoms with Crippen molar-refractivity contribution in [1.82, 2.24) is 25.2 Å². The van der Waals surface area contributed by atoms with Gasteiger partial charge in [-0.05, 0) is 31.0 Å². The molecular weight excluding hydrogens is 278 g/mol. The molecule has 1 saturated heterocycles. The van der Waals surface area contributed by atoms with Gasteiger partial charge in [0.2, 0.25) is 0 Å². The van der Waals surface area contributed by atoms with E-state index < -0.39 is 0 Å². The van der Waals surface area contributed by atoms with Crippen molar-refractivity contribution in [3.8, 4) is 0 Å². The number of nitrogens with zero attached hydrogens (tertiary/aromatic N) is 4. The second kappa shape index (κ2) is 6.44. The summed E-state index contributed by atoms with van der Waals surface area (Å²) in [6, 6.07) is 5.55. The molecular formula is C16H23N5O. The third-order valence-electron chi connectivity index (χ3n) is 4.26. The lowest BCUT2D eigenvalue weighted by Crippen LogP contribution is -2.49. The summed E-state index contributed by atoms with van der Waals surface area (Å²) >= 11 is 0.